The van der Waals surface area contributed by atoms with Crippen molar-refractivity contribution in [2.24, 2.45) is 0 Å². The number of thioether (sulfide) groups is 3. The van der Waals surface area contributed by atoms with E-state index in [1.54, 1.807) is 42.7 Å². The molecule has 0 radical (unpaired) electrons. The van der Waals surface area contributed by atoms with E-state index in [0.717, 1.165) is 9.80 Å². The van der Waals surface area contributed by atoms with E-state index >= 15 is 0 Å². The van der Waals surface area contributed by atoms with Crippen molar-refractivity contribution in [1.29, 1.82) is 0 Å². The number of nitrogens with zero attached hydrogens (tertiary/aromatic N) is 2. The molecule has 0 unspecified atom stereocenters. The van der Waals surface area contributed by atoms with Gasteiger partial charge in [0.05, 0.1) is 22.4 Å². The van der Waals surface area contributed by atoms with Gasteiger partial charge in [-0.2, -0.15) is 13.0 Å². The molecule has 4 rings (SSSR count). The smallest absolute Gasteiger partial charge is 0.253 e. The number of amides is 2. The van der Waals surface area contributed by atoms with Crippen LogP contribution in [0.3, 0.4) is 0 Å². The van der Waals surface area contributed by atoms with Gasteiger partial charge in [0, 0.05) is 38.5 Å². The summed E-state index contributed by atoms with van der Waals surface area (Å²) in [5.41, 5.74) is 0.320. The molecule has 2 aromatic rings. The van der Waals surface area contributed by atoms with E-state index in [-0.39, 0.29) is 23.7 Å². The first kappa shape index (κ1) is 29.8. The van der Waals surface area contributed by atoms with E-state index in [1.807, 2.05) is 0 Å². The maximum absolute atomic E-state index is 12.9. The number of rotatable bonds is 10. The molecule has 3 heterocycles. The average molecular weight is 649 g/mol. The molecule has 0 saturated carbocycles. The molecular formula is C23H19Cl2N3O7S4. The Morgan fingerprint density at radius 1 is 1.21 bits per heavy atom. The number of aromatic nitrogens is 1. The van der Waals surface area contributed by atoms with Crippen LogP contribution >= 0.6 is 58.5 Å². The van der Waals surface area contributed by atoms with Crippen LogP contribution < -0.4 is 15.0 Å². The lowest BCUT2D eigenvalue weighted by Gasteiger charge is -2.50. The molecule has 2 amide bonds. The second-order valence-electron chi connectivity index (χ2n) is 8.18. The third-order valence-electron chi connectivity index (χ3n) is 5.59. The summed E-state index contributed by atoms with van der Waals surface area (Å²) in [5, 5.41) is 23.7. The molecular weight excluding hydrogens is 629 g/mol. The summed E-state index contributed by atoms with van der Waals surface area (Å²) in [7, 11) is -2.69. The fraction of sp³-hybridized carbons (Fsp3) is 0.261. The van der Waals surface area contributed by atoms with Gasteiger partial charge in [-0.05, 0) is 23.8 Å². The number of aliphatic hydroxyl groups excluding tert-OH is 1. The number of carbonyl (C=O) groups excluding carboxylic acids is 3. The number of halogens is 2. The molecule has 1 fully saturated rings. The lowest BCUT2D eigenvalue weighted by atomic mass is 10.0. The maximum atomic E-state index is 12.9. The number of hydrogen-bond acceptors (Lipinski definition) is 9. The van der Waals surface area contributed by atoms with E-state index in [9.17, 15) is 33.0 Å². The van der Waals surface area contributed by atoms with Gasteiger partial charge in [-0.25, -0.2) is 0 Å². The molecule has 1 aromatic heterocycles. The first-order valence-electron chi connectivity index (χ1n) is 11.1. The first-order valence-corrected chi connectivity index (χ1v) is 15.9. The van der Waals surface area contributed by atoms with Crippen LogP contribution in [0.25, 0.3) is 0 Å². The summed E-state index contributed by atoms with van der Waals surface area (Å²) < 4.78 is 23.0. The van der Waals surface area contributed by atoms with Crippen molar-refractivity contribution in [2.45, 2.75) is 27.8 Å². The molecule has 0 aliphatic carbocycles. The van der Waals surface area contributed by atoms with Gasteiger partial charge in [-0.1, -0.05) is 23.2 Å². The topological polar surface area (TPSA) is 148 Å². The molecule has 2 aliphatic heterocycles. The van der Waals surface area contributed by atoms with Crippen LogP contribution in [-0.2, 0) is 31.2 Å². The number of benzene rings is 1. The molecule has 10 nitrogen and oxygen atoms in total. The van der Waals surface area contributed by atoms with Gasteiger partial charge < -0.3 is 20.3 Å². The Hall–Kier alpha value is -2.20. The largest absolute Gasteiger partial charge is 0.543 e. The number of carboxylic acids is 1. The van der Waals surface area contributed by atoms with Crippen LogP contribution in [0.2, 0.25) is 10.0 Å². The van der Waals surface area contributed by atoms with Gasteiger partial charge in [0.2, 0.25) is 27.8 Å². The summed E-state index contributed by atoms with van der Waals surface area (Å²) in [6.07, 6.45) is 3.16. The Morgan fingerprint density at radius 2 is 1.92 bits per heavy atom. The van der Waals surface area contributed by atoms with Gasteiger partial charge in [-0.3, -0.25) is 14.5 Å². The molecule has 206 valence electrons. The first-order chi connectivity index (χ1) is 18.5. The van der Waals surface area contributed by atoms with Crippen LogP contribution in [0, 0.1) is 0 Å². The lowest BCUT2D eigenvalue weighted by molar-refractivity contribution is -0.683. The number of fused-ring (bicyclic) bond motifs is 1. The Kier molecular flexibility index (Phi) is 9.91. The van der Waals surface area contributed by atoms with Crippen molar-refractivity contribution in [1.82, 2.24) is 10.2 Å². The molecule has 0 bridgehead atoms. The highest BCUT2D eigenvalue weighted by molar-refractivity contribution is 8.01. The highest BCUT2D eigenvalue weighted by Crippen LogP contribution is 2.41. The van der Waals surface area contributed by atoms with E-state index in [2.05, 4.69) is 5.32 Å². The summed E-state index contributed by atoms with van der Waals surface area (Å²) in [5.74, 6) is -1.80. The average Bonchev–Trinajstić information content (AvgIpc) is 2.91. The Labute approximate surface area is 247 Å². The van der Waals surface area contributed by atoms with Crippen LogP contribution in [0.4, 0.5) is 0 Å². The Balaban J connectivity index is 1.37. The zero-order chi connectivity index (χ0) is 28.3. The second-order valence-corrected chi connectivity index (χ2v) is 13.1. The fourth-order valence-corrected chi connectivity index (χ4v) is 7.68. The van der Waals surface area contributed by atoms with E-state index in [0.29, 0.717) is 26.3 Å². The minimum absolute atomic E-state index is 0.00419. The molecule has 2 N–H and O–H groups in total. The summed E-state index contributed by atoms with van der Waals surface area (Å²) in [6, 6.07) is 7.43. The third kappa shape index (κ3) is 7.12. The number of aliphatic carboxylic acids is 1. The molecule has 39 heavy (non-hydrogen) atoms. The van der Waals surface area contributed by atoms with Crippen molar-refractivity contribution in [3.63, 3.8) is 0 Å². The van der Waals surface area contributed by atoms with Gasteiger partial charge in [-0.15, -0.1) is 35.3 Å². The minimum Gasteiger partial charge on any atom is -0.543 e. The number of β-lactam (4-membered cyclic amide) rings is 1. The number of hydrogen-bond donors (Lipinski definition) is 2. The monoisotopic (exact) mass is 647 g/mol. The van der Waals surface area contributed by atoms with Gasteiger partial charge in [0.25, 0.3) is 5.91 Å². The number of carboxylic acid groups (broad SMARTS) is 1. The van der Waals surface area contributed by atoms with E-state index in [1.165, 1.54) is 39.9 Å². The maximum Gasteiger partial charge on any atom is 0.253 e. The minimum atomic E-state index is -2.69. The fourth-order valence-electron chi connectivity index (χ4n) is 3.75. The van der Waals surface area contributed by atoms with Crippen molar-refractivity contribution in [3.05, 3.63) is 64.0 Å². The van der Waals surface area contributed by atoms with E-state index < -0.39 is 44.5 Å². The van der Waals surface area contributed by atoms with Crippen molar-refractivity contribution >= 4 is 91.6 Å². The summed E-state index contributed by atoms with van der Waals surface area (Å²) >= 11 is 15.9. The molecule has 1 saturated heterocycles. The lowest BCUT2D eigenvalue weighted by Crippen LogP contribution is -2.71. The molecule has 2 aliphatic rings. The number of carbonyl (C=O) groups is 3. The number of pyridine rings is 1. The van der Waals surface area contributed by atoms with Crippen LogP contribution in [0.15, 0.2) is 63.8 Å². The highest BCUT2D eigenvalue weighted by atomic mass is 35.5. The summed E-state index contributed by atoms with van der Waals surface area (Å²) in [4.78, 5) is 39.9. The van der Waals surface area contributed by atoms with Crippen LogP contribution in [-0.4, -0.2) is 69.9 Å². The Morgan fingerprint density at radius 3 is 2.59 bits per heavy atom. The van der Waals surface area contributed by atoms with Gasteiger partial charge in [0.1, 0.15) is 11.4 Å². The second kappa shape index (κ2) is 13.0. The molecule has 2 atom stereocenters. The zero-order valence-corrected chi connectivity index (χ0v) is 24.5. The SMILES string of the molecule is O=C(CSc1cc(Cl)ccc1Cl)N[C@@H]1C(=O)N2C(C(=O)[O-])=C(CSc3cc[n+](CC(O)=S(=O)=O)cc3)CS[C@H]12. The summed E-state index contributed by atoms with van der Waals surface area (Å²) in [6.45, 7) is -0.207. The molecule has 0 spiro atoms. The van der Waals surface area contributed by atoms with Crippen molar-refractivity contribution in [3.8, 4) is 0 Å². The normalized spacial score (nSPS) is 18.3. The van der Waals surface area contributed by atoms with E-state index in [4.69, 9.17) is 23.2 Å². The standard InChI is InChI=1S/C23H19Cl2N3O7S4/c24-13-1-2-15(25)16(7-13)37-11-17(29)26-19-21(31)28-20(23(32)33)12(10-38-22(19)28)9-36-14-3-5-27(6-4-14)8-18(30)39(34)35/h1-7,19,22H,8-11H2,(H2-,26,29,30,32,33)/t19-,22-/m1/s1. The van der Waals surface area contributed by atoms with Crippen LogP contribution in [0.5, 0.6) is 0 Å². The predicted molar refractivity (Wildman–Crippen MR) is 148 cm³/mol. The number of aliphatic hydroxyl groups is 1. The van der Waals surface area contributed by atoms with Gasteiger partial charge in [0.15, 0.2) is 12.4 Å². The van der Waals surface area contributed by atoms with Crippen molar-refractivity contribution < 1.29 is 37.6 Å². The predicted octanol–water partition coefficient (Wildman–Crippen LogP) is 1.14. The zero-order valence-electron chi connectivity index (χ0n) is 19.7. The third-order valence-corrected chi connectivity index (χ3v) is 10.3. The molecule has 1 aromatic carbocycles. The number of nitrogens with one attached hydrogen (secondary N) is 1. The quantitative estimate of drug-likeness (QED) is 0.166. The molecule has 16 heteroatoms. The van der Waals surface area contributed by atoms with Gasteiger partial charge >= 0.3 is 0 Å². The van der Waals surface area contributed by atoms with Crippen LogP contribution in [0.1, 0.15) is 0 Å². The van der Waals surface area contributed by atoms with Crippen molar-refractivity contribution in [2.75, 3.05) is 17.3 Å². The Bertz CT molecular complexity index is 1490. The highest BCUT2D eigenvalue weighted by Gasteiger charge is 2.52.